The van der Waals surface area contributed by atoms with Gasteiger partial charge in [0, 0.05) is 32.8 Å². The van der Waals surface area contributed by atoms with E-state index in [1.807, 2.05) is 0 Å². The van der Waals surface area contributed by atoms with E-state index >= 15 is 0 Å². The standard InChI is InChI=1S/C16H34N4O/c1-5-17-16(18-9-8-14(2)3)19-13-15-7-6-10-20(15)11-12-21-4/h14-15H,5-13H2,1-4H3,(H2,17,18,19). The molecule has 2 N–H and O–H groups in total. The van der Waals surface area contributed by atoms with Crippen molar-refractivity contribution in [1.82, 2.24) is 15.5 Å². The van der Waals surface area contributed by atoms with Gasteiger partial charge in [-0.05, 0) is 38.6 Å². The van der Waals surface area contributed by atoms with Crippen LogP contribution in [0.4, 0.5) is 0 Å². The molecule has 0 spiro atoms. The molecule has 1 atom stereocenters. The molecule has 5 heteroatoms. The summed E-state index contributed by atoms with van der Waals surface area (Å²) < 4.78 is 5.19. The Kier molecular flexibility index (Phi) is 9.42. The Morgan fingerprint density at radius 1 is 1.38 bits per heavy atom. The molecule has 0 aromatic carbocycles. The first-order valence-corrected chi connectivity index (χ1v) is 8.42. The van der Waals surface area contributed by atoms with Gasteiger partial charge in [0.05, 0.1) is 13.2 Å². The summed E-state index contributed by atoms with van der Waals surface area (Å²) in [4.78, 5) is 7.27. The minimum atomic E-state index is 0.570. The average molecular weight is 298 g/mol. The molecule has 0 radical (unpaired) electrons. The van der Waals surface area contributed by atoms with Crippen molar-refractivity contribution < 1.29 is 4.74 Å². The Balaban J connectivity index is 2.40. The van der Waals surface area contributed by atoms with E-state index in [1.54, 1.807) is 7.11 Å². The van der Waals surface area contributed by atoms with Gasteiger partial charge in [-0.25, -0.2) is 0 Å². The minimum Gasteiger partial charge on any atom is -0.383 e. The molecule has 1 fully saturated rings. The van der Waals surface area contributed by atoms with Gasteiger partial charge in [-0.15, -0.1) is 0 Å². The normalized spacial score (nSPS) is 20.2. The second-order valence-electron chi connectivity index (χ2n) is 6.15. The topological polar surface area (TPSA) is 48.9 Å². The van der Waals surface area contributed by atoms with Gasteiger partial charge >= 0.3 is 0 Å². The summed E-state index contributed by atoms with van der Waals surface area (Å²) in [5.41, 5.74) is 0. The van der Waals surface area contributed by atoms with Crippen LogP contribution in [0.3, 0.4) is 0 Å². The molecule has 0 bridgehead atoms. The minimum absolute atomic E-state index is 0.570. The van der Waals surface area contributed by atoms with E-state index in [9.17, 15) is 0 Å². The van der Waals surface area contributed by atoms with Gasteiger partial charge in [-0.3, -0.25) is 9.89 Å². The number of hydrogen-bond donors (Lipinski definition) is 2. The van der Waals surface area contributed by atoms with Gasteiger partial charge in [0.2, 0.25) is 0 Å². The van der Waals surface area contributed by atoms with E-state index in [1.165, 1.54) is 25.8 Å². The van der Waals surface area contributed by atoms with Crippen molar-refractivity contribution in [2.45, 2.75) is 46.1 Å². The summed E-state index contributed by atoms with van der Waals surface area (Å²) in [6, 6.07) is 0.570. The number of rotatable bonds is 9. The Morgan fingerprint density at radius 2 is 2.19 bits per heavy atom. The van der Waals surface area contributed by atoms with Gasteiger partial charge in [0.15, 0.2) is 5.96 Å². The second kappa shape index (κ2) is 10.9. The Hall–Kier alpha value is -0.810. The lowest BCUT2D eigenvalue weighted by Gasteiger charge is -2.23. The monoisotopic (exact) mass is 298 g/mol. The van der Waals surface area contributed by atoms with Crippen LogP contribution in [0.5, 0.6) is 0 Å². The first-order chi connectivity index (χ1) is 10.2. The van der Waals surface area contributed by atoms with E-state index in [4.69, 9.17) is 9.73 Å². The maximum Gasteiger partial charge on any atom is 0.191 e. The number of ether oxygens (including phenoxy) is 1. The van der Waals surface area contributed by atoms with Crippen molar-refractivity contribution in [3.63, 3.8) is 0 Å². The van der Waals surface area contributed by atoms with Gasteiger partial charge < -0.3 is 15.4 Å². The van der Waals surface area contributed by atoms with Crippen LogP contribution in [-0.2, 0) is 4.74 Å². The first kappa shape index (κ1) is 18.2. The predicted molar refractivity (Wildman–Crippen MR) is 89.9 cm³/mol. The highest BCUT2D eigenvalue weighted by Gasteiger charge is 2.23. The number of aliphatic imine (C=N–C) groups is 1. The Labute approximate surface area is 130 Å². The molecule has 1 heterocycles. The Bertz CT molecular complexity index is 294. The smallest absolute Gasteiger partial charge is 0.191 e. The number of hydrogen-bond acceptors (Lipinski definition) is 3. The van der Waals surface area contributed by atoms with Crippen LogP contribution in [0, 0.1) is 5.92 Å². The van der Waals surface area contributed by atoms with Crippen LogP contribution in [-0.4, -0.2) is 63.3 Å². The van der Waals surface area contributed by atoms with Crippen LogP contribution < -0.4 is 10.6 Å². The number of likely N-dealkylation sites (tertiary alicyclic amines) is 1. The average Bonchev–Trinajstić information content (AvgIpc) is 2.89. The molecular weight excluding hydrogens is 264 g/mol. The van der Waals surface area contributed by atoms with E-state index in [0.29, 0.717) is 6.04 Å². The second-order valence-corrected chi connectivity index (χ2v) is 6.15. The molecule has 0 aromatic rings. The largest absolute Gasteiger partial charge is 0.383 e. The van der Waals surface area contributed by atoms with Crippen molar-refractivity contribution in [2.24, 2.45) is 10.9 Å². The molecule has 0 aliphatic carbocycles. The highest BCUT2D eigenvalue weighted by molar-refractivity contribution is 5.79. The van der Waals surface area contributed by atoms with Crippen molar-refractivity contribution in [3.05, 3.63) is 0 Å². The van der Waals surface area contributed by atoms with Crippen LogP contribution in [0.2, 0.25) is 0 Å². The highest BCUT2D eigenvalue weighted by Crippen LogP contribution is 2.16. The summed E-state index contributed by atoms with van der Waals surface area (Å²) in [5.74, 6) is 1.68. The number of nitrogens with zero attached hydrogens (tertiary/aromatic N) is 2. The fourth-order valence-corrected chi connectivity index (χ4v) is 2.62. The van der Waals surface area contributed by atoms with Crippen LogP contribution in [0.15, 0.2) is 4.99 Å². The van der Waals surface area contributed by atoms with Gasteiger partial charge in [-0.1, -0.05) is 13.8 Å². The molecule has 21 heavy (non-hydrogen) atoms. The quantitative estimate of drug-likeness (QED) is 0.502. The molecule has 0 amide bonds. The van der Waals surface area contributed by atoms with Crippen LogP contribution >= 0.6 is 0 Å². The zero-order valence-electron chi connectivity index (χ0n) is 14.3. The molecule has 1 unspecified atom stereocenters. The maximum absolute atomic E-state index is 5.19. The van der Waals surface area contributed by atoms with E-state index in [2.05, 4.69) is 36.3 Å². The van der Waals surface area contributed by atoms with E-state index < -0.39 is 0 Å². The molecule has 124 valence electrons. The van der Waals surface area contributed by atoms with Crippen LogP contribution in [0.25, 0.3) is 0 Å². The molecular formula is C16H34N4O. The first-order valence-electron chi connectivity index (χ1n) is 8.42. The molecule has 1 rings (SSSR count). The number of guanidine groups is 1. The summed E-state index contributed by atoms with van der Waals surface area (Å²) in [5, 5.41) is 6.76. The van der Waals surface area contributed by atoms with Crippen LogP contribution in [0.1, 0.15) is 40.0 Å². The summed E-state index contributed by atoms with van der Waals surface area (Å²) in [7, 11) is 1.77. The molecule has 0 aromatic heterocycles. The maximum atomic E-state index is 5.19. The van der Waals surface area contributed by atoms with Crippen molar-refractivity contribution in [1.29, 1.82) is 0 Å². The fourth-order valence-electron chi connectivity index (χ4n) is 2.62. The lowest BCUT2D eigenvalue weighted by Crippen LogP contribution is -2.40. The third-order valence-electron chi connectivity index (χ3n) is 3.90. The summed E-state index contributed by atoms with van der Waals surface area (Å²) >= 11 is 0. The SMILES string of the molecule is CCNC(=NCC1CCCN1CCOC)NCCC(C)C. The molecule has 1 aliphatic rings. The lowest BCUT2D eigenvalue weighted by molar-refractivity contribution is 0.142. The summed E-state index contributed by atoms with van der Waals surface area (Å²) in [6.07, 6.45) is 3.70. The lowest BCUT2D eigenvalue weighted by atomic mass is 10.1. The zero-order valence-corrected chi connectivity index (χ0v) is 14.3. The summed E-state index contributed by atoms with van der Waals surface area (Å²) in [6.45, 7) is 12.4. The van der Waals surface area contributed by atoms with Crippen molar-refractivity contribution >= 4 is 5.96 Å². The van der Waals surface area contributed by atoms with Crippen molar-refractivity contribution in [3.8, 4) is 0 Å². The molecule has 0 saturated carbocycles. The van der Waals surface area contributed by atoms with Gasteiger partial charge in [-0.2, -0.15) is 0 Å². The van der Waals surface area contributed by atoms with Gasteiger partial charge in [0.25, 0.3) is 0 Å². The van der Waals surface area contributed by atoms with Crippen molar-refractivity contribution in [2.75, 3.05) is 46.4 Å². The number of methoxy groups -OCH3 is 1. The zero-order chi connectivity index (χ0) is 15.5. The molecule has 1 aliphatic heterocycles. The molecule has 1 saturated heterocycles. The predicted octanol–water partition coefficient (Wildman–Crippen LogP) is 1.70. The third-order valence-corrected chi connectivity index (χ3v) is 3.90. The third kappa shape index (κ3) is 7.67. The van der Waals surface area contributed by atoms with Gasteiger partial charge in [0.1, 0.15) is 0 Å². The van der Waals surface area contributed by atoms with E-state index in [-0.39, 0.29) is 0 Å². The van der Waals surface area contributed by atoms with E-state index in [0.717, 1.165) is 44.7 Å². The Morgan fingerprint density at radius 3 is 2.86 bits per heavy atom. The highest BCUT2D eigenvalue weighted by atomic mass is 16.5. The fraction of sp³-hybridized carbons (Fsp3) is 0.938. The number of nitrogens with one attached hydrogen (secondary N) is 2. The molecule has 5 nitrogen and oxygen atoms in total.